The number of rotatable bonds is 8. The van der Waals surface area contributed by atoms with Gasteiger partial charge >= 0.3 is 0 Å². The second-order valence-electron chi connectivity index (χ2n) is 7.29. The first-order chi connectivity index (χ1) is 15.5. The van der Waals surface area contributed by atoms with Crippen molar-refractivity contribution < 1.29 is 13.2 Å². The molecule has 0 bridgehead atoms. The van der Waals surface area contributed by atoms with E-state index in [-0.39, 0.29) is 18.2 Å². The zero-order valence-corrected chi connectivity index (χ0v) is 18.2. The van der Waals surface area contributed by atoms with Gasteiger partial charge < -0.3 is 5.32 Å². The molecule has 7 heteroatoms. The lowest BCUT2D eigenvalue weighted by molar-refractivity contribution is 0.0953. The highest BCUT2D eigenvalue weighted by Gasteiger charge is 2.14. The summed E-state index contributed by atoms with van der Waals surface area (Å²) in [6.07, 6.45) is 2.06. The lowest BCUT2D eigenvalue weighted by atomic mass is 10.1. The zero-order valence-electron chi connectivity index (χ0n) is 17.4. The van der Waals surface area contributed by atoms with Crippen LogP contribution < -0.4 is 5.32 Å². The number of aromatic nitrogens is 2. The third-order valence-corrected chi connectivity index (χ3v) is 6.86. The van der Waals surface area contributed by atoms with Crippen LogP contribution in [0.4, 0.5) is 0 Å². The quantitative estimate of drug-likeness (QED) is 0.414. The van der Waals surface area contributed by atoms with Crippen LogP contribution in [-0.4, -0.2) is 36.4 Å². The molecule has 3 aromatic carbocycles. The Morgan fingerprint density at radius 2 is 1.59 bits per heavy atom. The first-order valence-corrected chi connectivity index (χ1v) is 12.0. The predicted octanol–water partition coefficient (Wildman–Crippen LogP) is 4.13. The van der Waals surface area contributed by atoms with Crippen LogP contribution in [0.25, 0.3) is 16.9 Å². The van der Waals surface area contributed by atoms with E-state index < -0.39 is 9.84 Å². The van der Waals surface area contributed by atoms with Gasteiger partial charge in [-0.05, 0) is 42.8 Å². The zero-order chi connectivity index (χ0) is 22.4. The van der Waals surface area contributed by atoms with Gasteiger partial charge in [-0.25, -0.2) is 13.1 Å². The van der Waals surface area contributed by atoms with E-state index in [9.17, 15) is 13.2 Å². The molecule has 0 aliphatic carbocycles. The van der Waals surface area contributed by atoms with Gasteiger partial charge in [-0.2, -0.15) is 5.10 Å². The first-order valence-electron chi connectivity index (χ1n) is 10.3. The molecule has 4 aromatic rings. The molecular formula is C25H23N3O3S. The maximum Gasteiger partial charge on any atom is 0.251 e. The molecule has 0 aliphatic heterocycles. The molecular weight excluding hydrogens is 422 g/mol. The number of carbonyl (C=O) groups is 1. The monoisotopic (exact) mass is 445 g/mol. The average Bonchev–Trinajstić information content (AvgIpc) is 3.33. The number of hydrogen-bond donors (Lipinski definition) is 1. The fourth-order valence-corrected chi connectivity index (χ4v) is 4.76. The molecule has 0 atom stereocenters. The van der Waals surface area contributed by atoms with Crippen LogP contribution in [-0.2, 0) is 9.84 Å². The molecule has 0 saturated heterocycles. The van der Waals surface area contributed by atoms with Gasteiger partial charge in [0.25, 0.3) is 5.91 Å². The SMILES string of the molecule is O=C(NCCCS(=O)(=O)c1ccccc1)c1cccc(-n2nccc2-c2ccccc2)c1. The third kappa shape index (κ3) is 4.95. The van der Waals surface area contributed by atoms with E-state index in [1.165, 1.54) is 0 Å². The van der Waals surface area contributed by atoms with Crippen molar-refractivity contribution in [3.63, 3.8) is 0 Å². The Hall–Kier alpha value is -3.71. The Morgan fingerprint density at radius 1 is 0.875 bits per heavy atom. The standard InChI is InChI=1S/C25H23N3O3S/c29-25(26-16-8-18-32(30,31)23-13-5-2-6-14-23)21-11-7-12-22(19-21)28-24(15-17-27-28)20-9-3-1-4-10-20/h1-7,9-15,17,19H,8,16,18H2,(H,26,29). The average molecular weight is 446 g/mol. The molecule has 1 heterocycles. The number of benzene rings is 3. The molecule has 0 unspecified atom stereocenters. The van der Waals surface area contributed by atoms with Gasteiger partial charge in [-0.3, -0.25) is 4.79 Å². The maximum atomic E-state index is 12.6. The summed E-state index contributed by atoms with van der Waals surface area (Å²) >= 11 is 0. The van der Waals surface area contributed by atoms with Crippen LogP contribution in [0.5, 0.6) is 0 Å². The van der Waals surface area contributed by atoms with Crippen molar-refractivity contribution in [1.29, 1.82) is 0 Å². The Morgan fingerprint density at radius 3 is 2.34 bits per heavy atom. The Bertz CT molecular complexity index is 1300. The lowest BCUT2D eigenvalue weighted by Gasteiger charge is -2.10. The molecule has 0 spiro atoms. The van der Waals surface area contributed by atoms with Gasteiger partial charge in [-0.15, -0.1) is 0 Å². The molecule has 1 N–H and O–H groups in total. The highest BCUT2D eigenvalue weighted by atomic mass is 32.2. The van der Waals surface area contributed by atoms with Crippen molar-refractivity contribution in [2.45, 2.75) is 11.3 Å². The molecule has 162 valence electrons. The largest absolute Gasteiger partial charge is 0.352 e. The minimum absolute atomic E-state index is 0.0228. The van der Waals surface area contributed by atoms with E-state index in [2.05, 4.69) is 10.4 Å². The minimum atomic E-state index is -3.35. The predicted molar refractivity (Wildman–Crippen MR) is 124 cm³/mol. The minimum Gasteiger partial charge on any atom is -0.352 e. The van der Waals surface area contributed by atoms with Crippen molar-refractivity contribution in [3.05, 3.63) is 103 Å². The van der Waals surface area contributed by atoms with E-state index in [0.717, 1.165) is 16.9 Å². The molecule has 0 aliphatic rings. The Kier molecular flexibility index (Phi) is 6.47. The van der Waals surface area contributed by atoms with Crippen LogP contribution in [0.2, 0.25) is 0 Å². The summed E-state index contributed by atoms with van der Waals surface area (Å²) in [5, 5.41) is 7.22. The van der Waals surface area contributed by atoms with E-state index in [4.69, 9.17) is 0 Å². The topological polar surface area (TPSA) is 81.1 Å². The molecule has 1 amide bonds. The normalized spacial score (nSPS) is 11.2. The molecule has 6 nitrogen and oxygen atoms in total. The highest BCUT2D eigenvalue weighted by Crippen LogP contribution is 2.22. The highest BCUT2D eigenvalue weighted by molar-refractivity contribution is 7.91. The molecule has 32 heavy (non-hydrogen) atoms. The molecule has 0 saturated carbocycles. The fraction of sp³-hybridized carbons (Fsp3) is 0.120. The van der Waals surface area contributed by atoms with Gasteiger partial charge in [0.2, 0.25) is 0 Å². The smallest absolute Gasteiger partial charge is 0.251 e. The van der Waals surface area contributed by atoms with Crippen molar-refractivity contribution in [2.24, 2.45) is 0 Å². The van der Waals surface area contributed by atoms with E-state index in [1.54, 1.807) is 59.4 Å². The number of hydrogen-bond acceptors (Lipinski definition) is 4. The summed E-state index contributed by atoms with van der Waals surface area (Å²) in [6.45, 7) is 0.270. The van der Waals surface area contributed by atoms with Gasteiger partial charge in [-0.1, -0.05) is 54.6 Å². The summed E-state index contributed by atoms with van der Waals surface area (Å²) in [5.74, 6) is -0.275. The van der Waals surface area contributed by atoms with Crippen LogP contribution >= 0.6 is 0 Å². The number of amides is 1. The van der Waals surface area contributed by atoms with Gasteiger partial charge in [0, 0.05) is 17.7 Å². The third-order valence-electron chi connectivity index (χ3n) is 5.04. The fourth-order valence-electron chi connectivity index (χ4n) is 3.43. The molecule has 0 fully saturated rings. The van der Waals surface area contributed by atoms with Crippen molar-refractivity contribution >= 4 is 15.7 Å². The summed E-state index contributed by atoms with van der Waals surface area (Å²) in [4.78, 5) is 12.9. The van der Waals surface area contributed by atoms with Crippen LogP contribution in [0, 0.1) is 0 Å². The number of carbonyl (C=O) groups excluding carboxylic acids is 1. The summed E-state index contributed by atoms with van der Waals surface area (Å²) in [5.41, 5.74) is 3.21. The van der Waals surface area contributed by atoms with Gasteiger partial charge in [0.05, 0.1) is 28.2 Å². The Labute approximate surface area is 187 Å². The van der Waals surface area contributed by atoms with Crippen LogP contribution in [0.3, 0.4) is 0 Å². The maximum absolute atomic E-state index is 12.6. The molecule has 1 aromatic heterocycles. The molecule has 4 rings (SSSR count). The lowest BCUT2D eigenvalue weighted by Crippen LogP contribution is -2.26. The second kappa shape index (κ2) is 9.62. The van der Waals surface area contributed by atoms with Crippen LogP contribution in [0.15, 0.2) is 102 Å². The first kappa shape index (κ1) is 21.5. The van der Waals surface area contributed by atoms with Crippen molar-refractivity contribution in [1.82, 2.24) is 15.1 Å². The Balaban J connectivity index is 1.40. The van der Waals surface area contributed by atoms with E-state index in [1.807, 2.05) is 42.5 Å². The van der Waals surface area contributed by atoms with Crippen molar-refractivity contribution in [3.8, 4) is 16.9 Å². The summed E-state index contributed by atoms with van der Waals surface area (Å²) in [7, 11) is -3.35. The van der Waals surface area contributed by atoms with Crippen LogP contribution in [0.1, 0.15) is 16.8 Å². The summed E-state index contributed by atoms with van der Waals surface area (Å²) in [6, 6.07) is 27.4. The van der Waals surface area contributed by atoms with Gasteiger partial charge in [0.1, 0.15) is 0 Å². The number of nitrogens with zero attached hydrogens (tertiary/aromatic N) is 2. The van der Waals surface area contributed by atoms with Crippen molar-refractivity contribution in [2.75, 3.05) is 12.3 Å². The number of nitrogens with one attached hydrogen (secondary N) is 1. The summed E-state index contributed by atoms with van der Waals surface area (Å²) < 4.78 is 26.5. The number of sulfone groups is 1. The van der Waals surface area contributed by atoms with E-state index >= 15 is 0 Å². The molecule has 0 radical (unpaired) electrons. The second-order valence-corrected chi connectivity index (χ2v) is 9.40. The van der Waals surface area contributed by atoms with E-state index in [0.29, 0.717) is 16.9 Å². The van der Waals surface area contributed by atoms with Gasteiger partial charge in [0.15, 0.2) is 9.84 Å².